The first-order valence-corrected chi connectivity index (χ1v) is 10.2. The van der Waals surface area contributed by atoms with E-state index in [1.807, 2.05) is 6.07 Å². The molecule has 0 unspecified atom stereocenters. The molecular weight excluding hydrogens is 476 g/mol. The summed E-state index contributed by atoms with van der Waals surface area (Å²) < 4.78 is 12.6. The van der Waals surface area contributed by atoms with Crippen LogP contribution >= 0.6 is 36.0 Å². The van der Waals surface area contributed by atoms with E-state index in [4.69, 9.17) is 44.1 Å². The number of hydrogen-bond donors (Lipinski definition) is 4. The van der Waals surface area contributed by atoms with Gasteiger partial charge in [0.25, 0.3) is 0 Å². The minimum atomic E-state index is 0.257. The molecule has 0 spiro atoms. The van der Waals surface area contributed by atoms with Gasteiger partial charge in [-0.2, -0.15) is 0 Å². The van der Waals surface area contributed by atoms with Gasteiger partial charge in [0.1, 0.15) is 16.1 Å². The number of halogens is 2. The summed E-state index contributed by atoms with van der Waals surface area (Å²) in [6.45, 7) is 2.85. The molecule has 0 bridgehead atoms. The van der Waals surface area contributed by atoms with Crippen LogP contribution in [0.25, 0.3) is 0 Å². The van der Waals surface area contributed by atoms with Crippen molar-refractivity contribution in [2.24, 2.45) is 20.8 Å². The van der Waals surface area contributed by atoms with Gasteiger partial charge in [0.2, 0.25) is 11.8 Å². The molecule has 32 heavy (non-hydrogen) atoms. The number of nitrogens with two attached hydrogens (primary N) is 2. The molecule has 3 rings (SSSR count). The maximum absolute atomic E-state index is 10.3. The number of aliphatic imine (C=N–C) groups is 1. The van der Waals surface area contributed by atoms with Crippen LogP contribution < -0.4 is 26.3 Å². The summed E-state index contributed by atoms with van der Waals surface area (Å²) in [5.41, 5.74) is 11.1. The number of nitrogens with one attached hydrogen (secondary N) is 1. The van der Waals surface area contributed by atoms with Crippen LogP contribution in [0.1, 0.15) is 15.9 Å². The third kappa shape index (κ3) is 11.4. The molecule has 2 aromatic rings. The molecule has 0 amide bonds. The Morgan fingerprint density at radius 1 is 1.12 bits per heavy atom. The van der Waals surface area contributed by atoms with Gasteiger partial charge in [0, 0.05) is 19.6 Å². The molecular formula is C18H25BCl2N7O3S. The predicted octanol–water partition coefficient (Wildman–Crippen LogP) is 1.74. The van der Waals surface area contributed by atoms with Crippen molar-refractivity contribution in [1.82, 2.24) is 15.3 Å². The van der Waals surface area contributed by atoms with Crippen LogP contribution in [-0.2, 0) is 0 Å². The van der Waals surface area contributed by atoms with Crippen molar-refractivity contribution < 1.29 is 14.3 Å². The Morgan fingerprint density at radius 2 is 1.66 bits per heavy atom. The Balaban J connectivity index is 0.000000475. The van der Waals surface area contributed by atoms with Gasteiger partial charge in [0.15, 0.2) is 6.29 Å². The van der Waals surface area contributed by atoms with E-state index in [1.54, 1.807) is 19.2 Å². The molecule has 0 saturated carbocycles. The van der Waals surface area contributed by atoms with Crippen molar-refractivity contribution in [1.29, 1.82) is 0 Å². The Morgan fingerprint density at radius 3 is 2.09 bits per heavy atom. The van der Waals surface area contributed by atoms with Crippen molar-refractivity contribution in [3.8, 4) is 11.8 Å². The molecule has 1 aliphatic heterocycles. The fourth-order valence-corrected chi connectivity index (χ4v) is 2.29. The van der Waals surface area contributed by atoms with Gasteiger partial charge < -0.3 is 26.3 Å². The number of carbonyl (C=O) groups excluding carboxylic acids is 1. The second-order valence-corrected chi connectivity index (χ2v) is 6.40. The van der Waals surface area contributed by atoms with E-state index in [-0.39, 0.29) is 5.88 Å². The van der Waals surface area contributed by atoms with Gasteiger partial charge in [-0.05, 0) is 24.3 Å². The number of ether oxygens (including phenoxy) is 2. The Bertz CT molecular complexity index is 876. The van der Waals surface area contributed by atoms with Crippen LogP contribution in [0.4, 0.5) is 0 Å². The molecule has 0 saturated heterocycles. The number of rotatable bonds is 5. The number of hydrogen-bond acceptors (Lipinski definition) is 11. The number of methoxy groups -OCH3 is 2. The topological polar surface area (TPSA) is 150 Å². The second kappa shape index (κ2) is 18.3. The quantitative estimate of drug-likeness (QED) is 0.210. The molecule has 173 valence electrons. The summed E-state index contributed by atoms with van der Waals surface area (Å²) in [6, 6.07) is 6.67. The van der Waals surface area contributed by atoms with Gasteiger partial charge in [-0.15, -0.1) is 0 Å². The van der Waals surface area contributed by atoms with E-state index in [2.05, 4.69) is 45.0 Å². The second-order valence-electron chi connectivity index (χ2n) is 5.39. The third-order valence-corrected chi connectivity index (χ3v) is 3.71. The number of pyridine rings is 2. The summed E-state index contributed by atoms with van der Waals surface area (Å²) in [7, 11) is 7.34. The number of aromatic nitrogens is 2. The summed E-state index contributed by atoms with van der Waals surface area (Å²) in [6.07, 6.45) is 0.669. The van der Waals surface area contributed by atoms with Gasteiger partial charge in [-0.3, -0.25) is 9.79 Å². The number of carbonyl (C=O) groups is 1. The van der Waals surface area contributed by atoms with Crippen LogP contribution in [0, 0.1) is 0 Å². The first kappa shape index (κ1) is 29.8. The zero-order valence-electron chi connectivity index (χ0n) is 17.7. The fraction of sp³-hybridized carbons (Fsp3) is 0.333. The summed E-state index contributed by atoms with van der Waals surface area (Å²) >= 11 is 14.5. The number of aldehydes is 1. The van der Waals surface area contributed by atoms with E-state index in [9.17, 15) is 4.79 Å². The average molecular weight is 501 g/mol. The maximum atomic E-state index is 10.3. The number of nitrogens with zero attached hydrogens (tertiary/aromatic N) is 4. The molecule has 5 N–H and O–H groups in total. The third-order valence-electron chi connectivity index (χ3n) is 3.29. The minimum absolute atomic E-state index is 0.257. The predicted molar refractivity (Wildman–Crippen MR) is 132 cm³/mol. The first-order valence-electron chi connectivity index (χ1n) is 9.01. The zero-order chi connectivity index (χ0) is 24.4. The van der Waals surface area contributed by atoms with E-state index in [0.717, 1.165) is 24.5 Å². The van der Waals surface area contributed by atoms with Crippen molar-refractivity contribution in [2.75, 3.05) is 40.4 Å². The molecule has 1 aliphatic rings. The normalized spacial score (nSPS) is 11.0. The zero-order valence-corrected chi connectivity index (χ0v) is 20.1. The van der Waals surface area contributed by atoms with E-state index in [0.29, 0.717) is 41.1 Å². The Kier molecular flexibility index (Phi) is 17.1. The molecule has 0 aromatic carbocycles. The van der Waals surface area contributed by atoms with Crippen LogP contribution in [0.3, 0.4) is 0 Å². The van der Waals surface area contributed by atoms with E-state index >= 15 is 0 Å². The Labute approximate surface area is 203 Å². The Hall–Kier alpha value is -2.25. The van der Waals surface area contributed by atoms with Crippen LogP contribution in [0.2, 0.25) is 10.3 Å². The molecule has 1 radical (unpaired) electrons. The standard InChI is InChI=1S/C9H10ClN3O.C7H6ClNO2.C2H8N2.BHNS/c1-14-9-6(2-3-7(10)13-9)8-11-4-5-12-8;1-11-7-5(4-10)2-3-6(8)9-7;3-1-2-4;1-2-3/h2-3H,4-5H2,1H3,(H,11,12);2-4H,1H3;1-4H2;3H. The van der Waals surface area contributed by atoms with Gasteiger partial charge >= 0.3 is 24.8 Å². The number of thiol groups is 1. The first-order chi connectivity index (χ1) is 15.4. The van der Waals surface area contributed by atoms with Crippen molar-refractivity contribution >= 4 is 55.8 Å². The summed E-state index contributed by atoms with van der Waals surface area (Å²) in [5, 5.41) is 3.89. The summed E-state index contributed by atoms with van der Waals surface area (Å²) in [5.74, 6) is 1.59. The monoisotopic (exact) mass is 500 g/mol. The van der Waals surface area contributed by atoms with Crippen LogP contribution in [-0.4, -0.2) is 70.1 Å². The van der Waals surface area contributed by atoms with Crippen molar-refractivity contribution in [3.05, 3.63) is 45.7 Å². The number of amidine groups is 1. The summed E-state index contributed by atoms with van der Waals surface area (Å²) in [4.78, 5) is 22.5. The molecule has 0 atom stereocenters. The molecule has 14 heteroatoms. The van der Waals surface area contributed by atoms with Crippen molar-refractivity contribution in [2.45, 2.75) is 0 Å². The van der Waals surface area contributed by atoms with Crippen molar-refractivity contribution in [3.63, 3.8) is 0 Å². The van der Waals surface area contributed by atoms with Crippen LogP contribution in [0.5, 0.6) is 11.8 Å². The van der Waals surface area contributed by atoms with Gasteiger partial charge in [-0.25, -0.2) is 9.97 Å². The molecule has 0 fully saturated rings. The molecule has 10 nitrogen and oxygen atoms in total. The van der Waals surface area contributed by atoms with Gasteiger partial charge in [0.05, 0.1) is 31.9 Å². The van der Waals surface area contributed by atoms with E-state index in [1.165, 1.54) is 13.2 Å². The molecule has 2 aromatic heterocycles. The SMILES string of the molecule is COc1nc(Cl)ccc1C1=NCCN1.COc1nc(Cl)ccc1C=O.NCCN.[B]=NS. The average Bonchev–Trinajstić information content (AvgIpc) is 3.34. The molecule has 3 heterocycles. The van der Waals surface area contributed by atoms with Gasteiger partial charge in [-0.1, -0.05) is 23.2 Å². The molecule has 0 aliphatic carbocycles. The fourth-order valence-electron chi connectivity index (χ4n) is 2.01. The van der Waals surface area contributed by atoms with Crippen LogP contribution in [0.15, 0.2) is 33.6 Å². The van der Waals surface area contributed by atoms with E-state index < -0.39 is 0 Å².